The smallest absolute Gasteiger partial charge is 0.141 e. The molecule has 1 aromatic carbocycles. The number of nitrogens with two attached hydrogens (primary N) is 2. The van der Waals surface area contributed by atoms with Gasteiger partial charge in [-0.15, -0.1) is 0 Å². The summed E-state index contributed by atoms with van der Waals surface area (Å²) in [5.41, 5.74) is 12.0. The van der Waals surface area contributed by atoms with Gasteiger partial charge in [0, 0.05) is 11.8 Å². The Morgan fingerprint density at radius 1 is 1.36 bits per heavy atom. The Kier molecular flexibility index (Phi) is 2.10. The van der Waals surface area contributed by atoms with Crippen LogP contribution in [-0.4, -0.2) is 7.11 Å². The van der Waals surface area contributed by atoms with Gasteiger partial charge in [-0.05, 0) is 6.07 Å². The fourth-order valence-electron chi connectivity index (χ4n) is 0.790. The van der Waals surface area contributed by atoms with E-state index in [-0.39, 0.29) is 0 Å². The molecule has 0 fully saturated rings. The number of methoxy groups -OCH3 is 1. The molecule has 3 nitrogen and oxygen atoms in total. The molecule has 0 aliphatic heterocycles. The van der Waals surface area contributed by atoms with Crippen molar-refractivity contribution in [3.63, 3.8) is 0 Å². The van der Waals surface area contributed by atoms with Crippen molar-refractivity contribution in [2.45, 2.75) is 0 Å². The van der Waals surface area contributed by atoms with Gasteiger partial charge in [-0.1, -0.05) is 11.6 Å². The molecule has 0 bridgehead atoms. The van der Waals surface area contributed by atoms with Gasteiger partial charge in [-0.3, -0.25) is 0 Å². The number of rotatable bonds is 1. The summed E-state index contributed by atoms with van der Waals surface area (Å²) in [4.78, 5) is 0. The second-order valence-electron chi connectivity index (χ2n) is 2.13. The van der Waals surface area contributed by atoms with Crippen LogP contribution in [-0.2, 0) is 0 Å². The van der Waals surface area contributed by atoms with Gasteiger partial charge in [0.1, 0.15) is 10.8 Å². The molecule has 0 aliphatic rings. The van der Waals surface area contributed by atoms with Crippen LogP contribution in [0.15, 0.2) is 12.1 Å². The lowest BCUT2D eigenvalue weighted by Crippen LogP contribution is -1.94. The fourth-order valence-corrected chi connectivity index (χ4v) is 0.976. The molecule has 1 aromatic rings. The van der Waals surface area contributed by atoms with E-state index in [0.29, 0.717) is 22.1 Å². The maximum absolute atomic E-state index is 5.76. The molecule has 0 saturated carbocycles. The van der Waals surface area contributed by atoms with E-state index in [1.165, 1.54) is 7.11 Å². The van der Waals surface area contributed by atoms with Crippen LogP contribution in [0.4, 0.5) is 11.4 Å². The molecule has 11 heavy (non-hydrogen) atoms. The zero-order chi connectivity index (χ0) is 8.43. The third kappa shape index (κ3) is 1.49. The van der Waals surface area contributed by atoms with E-state index < -0.39 is 0 Å². The number of hydrogen-bond acceptors (Lipinski definition) is 3. The number of hydrogen-bond donors (Lipinski definition) is 2. The third-order valence-corrected chi connectivity index (χ3v) is 1.71. The molecule has 0 spiro atoms. The molecule has 0 heterocycles. The zero-order valence-electron chi connectivity index (χ0n) is 6.10. The van der Waals surface area contributed by atoms with Crippen molar-refractivity contribution in [2.75, 3.05) is 18.6 Å². The minimum atomic E-state index is 0.404. The molecule has 0 aromatic heterocycles. The van der Waals surface area contributed by atoms with Crippen molar-refractivity contribution in [1.82, 2.24) is 0 Å². The lowest BCUT2D eigenvalue weighted by molar-refractivity contribution is 0.415. The van der Waals surface area contributed by atoms with Gasteiger partial charge in [-0.25, -0.2) is 0 Å². The van der Waals surface area contributed by atoms with E-state index in [4.69, 9.17) is 27.8 Å². The van der Waals surface area contributed by atoms with Crippen LogP contribution in [0.5, 0.6) is 5.75 Å². The summed E-state index contributed by atoms with van der Waals surface area (Å²) < 4.78 is 4.91. The van der Waals surface area contributed by atoms with E-state index in [1.807, 2.05) is 0 Å². The van der Waals surface area contributed by atoms with Crippen molar-refractivity contribution >= 4 is 23.0 Å². The monoisotopic (exact) mass is 172 g/mol. The first kappa shape index (κ1) is 8.01. The van der Waals surface area contributed by atoms with Gasteiger partial charge in [-0.2, -0.15) is 0 Å². The molecule has 0 radical (unpaired) electrons. The first-order valence-corrected chi connectivity index (χ1v) is 3.41. The number of ether oxygens (including phenoxy) is 1. The first-order chi connectivity index (χ1) is 5.15. The van der Waals surface area contributed by atoms with E-state index in [0.717, 1.165) is 0 Å². The summed E-state index contributed by atoms with van der Waals surface area (Å²) in [5.74, 6) is 0.504. The molecule has 0 amide bonds. The first-order valence-electron chi connectivity index (χ1n) is 3.03. The Morgan fingerprint density at radius 3 is 2.55 bits per heavy atom. The maximum atomic E-state index is 5.76. The summed E-state index contributed by atoms with van der Waals surface area (Å²) in [5, 5.41) is 0.404. The summed E-state index contributed by atoms with van der Waals surface area (Å²) >= 11 is 5.76. The highest BCUT2D eigenvalue weighted by atomic mass is 35.5. The molecule has 0 unspecified atom stereocenters. The van der Waals surface area contributed by atoms with Gasteiger partial charge in [0.15, 0.2) is 0 Å². The van der Waals surface area contributed by atoms with Gasteiger partial charge in [0.2, 0.25) is 0 Å². The Bertz CT molecular complexity index is 275. The normalized spacial score (nSPS) is 9.64. The molecule has 0 atom stereocenters. The lowest BCUT2D eigenvalue weighted by atomic mass is 10.2. The summed E-state index contributed by atoms with van der Waals surface area (Å²) in [6.07, 6.45) is 0. The molecule has 1 rings (SSSR count). The average molecular weight is 173 g/mol. The third-order valence-electron chi connectivity index (χ3n) is 1.31. The van der Waals surface area contributed by atoms with Crippen molar-refractivity contribution in [2.24, 2.45) is 0 Å². The predicted molar refractivity (Wildman–Crippen MR) is 46.8 cm³/mol. The summed E-state index contributed by atoms with van der Waals surface area (Å²) in [6.45, 7) is 0. The number of nitrogen functional groups attached to an aromatic ring is 2. The SMILES string of the molecule is COc1cc(N)cc(N)c1Cl. The highest BCUT2D eigenvalue weighted by Crippen LogP contribution is 2.32. The quantitative estimate of drug-likeness (QED) is 0.632. The number of anilines is 2. The van der Waals surface area contributed by atoms with Crippen LogP contribution in [0, 0.1) is 0 Å². The molecule has 0 saturated heterocycles. The molecule has 0 aliphatic carbocycles. The Labute approximate surface area is 69.9 Å². The van der Waals surface area contributed by atoms with E-state index in [2.05, 4.69) is 0 Å². The number of halogens is 1. The largest absolute Gasteiger partial charge is 0.495 e. The summed E-state index contributed by atoms with van der Waals surface area (Å²) in [6, 6.07) is 3.21. The van der Waals surface area contributed by atoms with Gasteiger partial charge in [0.05, 0.1) is 12.8 Å². The van der Waals surface area contributed by atoms with E-state index in [1.54, 1.807) is 12.1 Å². The van der Waals surface area contributed by atoms with Crippen LogP contribution in [0.3, 0.4) is 0 Å². The van der Waals surface area contributed by atoms with Crippen LogP contribution in [0.25, 0.3) is 0 Å². The van der Waals surface area contributed by atoms with Crippen LogP contribution in [0.1, 0.15) is 0 Å². The summed E-state index contributed by atoms with van der Waals surface area (Å²) in [7, 11) is 1.51. The predicted octanol–water partition coefficient (Wildman–Crippen LogP) is 1.51. The van der Waals surface area contributed by atoms with Crippen LogP contribution >= 0.6 is 11.6 Å². The number of benzene rings is 1. The standard InChI is InChI=1S/C7H9ClN2O/c1-11-6-3-4(9)2-5(10)7(6)8/h2-3H,9-10H2,1H3. The Morgan fingerprint density at radius 2 is 2.00 bits per heavy atom. The van der Waals surface area contributed by atoms with Crippen molar-refractivity contribution in [3.8, 4) is 5.75 Å². The van der Waals surface area contributed by atoms with Crippen molar-refractivity contribution in [1.29, 1.82) is 0 Å². The second-order valence-corrected chi connectivity index (χ2v) is 2.50. The van der Waals surface area contributed by atoms with Crippen LogP contribution < -0.4 is 16.2 Å². The van der Waals surface area contributed by atoms with Gasteiger partial charge < -0.3 is 16.2 Å². The fraction of sp³-hybridized carbons (Fsp3) is 0.143. The molecular formula is C7H9ClN2O. The van der Waals surface area contributed by atoms with Gasteiger partial charge in [0.25, 0.3) is 0 Å². The second kappa shape index (κ2) is 2.88. The molecular weight excluding hydrogens is 164 g/mol. The Hall–Kier alpha value is -1.09. The molecule has 4 N–H and O–H groups in total. The maximum Gasteiger partial charge on any atom is 0.141 e. The van der Waals surface area contributed by atoms with Crippen LogP contribution in [0.2, 0.25) is 5.02 Å². The molecule has 4 heteroatoms. The zero-order valence-corrected chi connectivity index (χ0v) is 6.85. The van der Waals surface area contributed by atoms with E-state index in [9.17, 15) is 0 Å². The lowest BCUT2D eigenvalue weighted by Gasteiger charge is -2.05. The highest BCUT2D eigenvalue weighted by Gasteiger charge is 2.04. The Balaban J connectivity index is 3.24. The van der Waals surface area contributed by atoms with Gasteiger partial charge >= 0.3 is 0 Å². The minimum absolute atomic E-state index is 0.404. The van der Waals surface area contributed by atoms with Crippen molar-refractivity contribution in [3.05, 3.63) is 17.2 Å². The van der Waals surface area contributed by atoms with E-state index >= 15 is 0 Å². The highest BCUT2D eigenvalue weighted by molar-refractivity contribution is 6.34. The van der Waals surface area contributed by atoms with Crippen molar-refractivity contribution < 1.29 is 4.74 Å². The average Bonchev–Trinajstić information content (AvgIpc) is 1.96. The topological polar surface area (TPSA) is 61.3 Å². The minimum Gasteiger partial charge on any atom is -0.495 e. The molecule has 60 valence electrons.